The standard InChI is InChI=1S/C33H43FN2O2/c34-27-13-8-12-25(17-27)29-20-36(23-33(32(37)38)15-5-2-6-16-33)19-26(29)18-35-21-30-28(31(30)22-35)14-7-11-24-9-3-1-4-10-24/h1,3-4,8-10,12-13,17,26,28-31H,2,5-7,11,14-16,18-23H2,(H,37,38)/t26-,28?,29+,30-,31+/m0/s1. The van der Waals surface area contributed by atoms with Crippen molar-refractivity contribution in [1.29, 1.82) is 0 Å². The van der Waals surface area contributed by atoms with E-state index in [9.17, 15) is 14.3 Å². The molecule has 4 aliphatic rings. The summed E-state index contributed by atoms with van der Waals surface area (Å²) in [4.78, 5) is 17.4. The second-order valence-electron chi connectivity index (χ2n) is 12.8. The first-order valence-electron chi connectivity index (χ1n) is 15.0. The van der Waals surface area contributed by atoms with Gasteiger partial charge in [-0.25, -0.2) is 4.39 Å². The monoisotopic (exact) mass is 518 g/mol. The average molecular weight is 519 g/mol. The van der Waals surface area contributed by atoms with Gasteiger partial charge in [-0.2, -0.15) is 0 Å². The Kier molecular flexibility index (Phi) is 7.59. The summed E-state index contributed by atoms with van der Waals surface area (Å²) in [5.74, 6) is 2.49. The number of carboxylic acid groups (broad SMARTS) is 1. The van der Waals surface area contributed by atoms with Crippen molar-refractivity contribution in [1.82, 2.24) is 9.80 Å². The Hall–Kier alpha value is -2.24. The molecule has 6 rings (SSSR count). The molecule has 4 fully saturated rings. The van der Waals surface area contributed by atoms with E-state index in [0.29, 0.717) is 12.5 Å². The zero-order valence-electron chi connectivity index (χ0n) is 22.6. The van der Waals surface area contributed by atoms with Crippen LogP contribution in [0.4, 0.5) is 4.39 Å². The maximum absolute atomic E-state index is 14.2. The molecule has 0 radical (unpaired) electrons. The van der Waals surface area contributed by atoms with Crippen LogP contribution in [-0.2, 0) is 11.2 Å². The summed E-state index contributed by atoms with van der Waals surface area (Å²) in [7, 11) is 0. The molecule has 2 aliphatic carbocycles. The Labute approximate surface area is 227 Å². The molecule has 5 heteroatoms. The zero-order valence-corrected chi connectivity index (χ0v) is 22.6. The van der Waals surface area contributed by atoms with Gasteiger partial charge < -0.3 is 14.9 Å². The van der Waals surface area contributed by atoms with Crippen LogP contribution < -0.4 is 0 Å². The molecule has 0 bridgehead atoms. The zero-order chi connectivity index (χ0) is 26.1. The van der Waals surface area contributed by atoms with Gasteiger partial charge in [-0.05, 0) is 79.0 Å². The number of halogens is 1. The Morgan fingerprint density at radius 1 is 0.921 bits per heavy atom. The molecule has 2 saturated heterocycles. The van der Waals surface area contributed by atoms with Gasteiger partial charge in [0.25, 0.3) is 0 Å². The van der Waals surface area contributed by atoms with Crippen LogP contribution in [0.1, 0.15) is 62.0 Å². The third-order valence-corrected chi connectivity index (χ3v) is 10.4. The molecule has 2 aliphatic heterocycles. The first-order valence-corrected chi connectivity index (χ1v) is 15.0. The van der Waals surface area contributed by atoms with Crippen LogP contribution in [0.5, 0.6) is 0 Å². The van der Waals surface area contributed by atoms with Crippen LogP contribution in [0.3, 0.4) is 0 Å². The first-order chi connectivity index (χ1) is 18.5. The predicted molar refractivity (Wildman–Crippen MR) is 149 cm³/mol. The van der Waals surface area contributed by atoms with E-state index in [4.69, 9.17) is 0 Å². The van der Waals surface area contributed by atoms with Gasteiger partial charge in [0.15, 0.2) is 0 Å². The van der Waals surface area contributed by atoms with Crippen LogP contribution in [0, 0.1) is 34.9 Å². The minimum absolute atomic E-state index is 0.172. The summed E-state index contributed by atoms with van der Waals surface area (Å²) in [6.45, 7) is 5.84. The summed E-state index contributed by atoms with van der Waals surface area (Å²) in [5.41, 5.74) is 1.92. The van der Waals surface area contributed by atoms with E-state index in [0.717, 1.165) is 75.1 Å². The van der Waals surface area contributed by atoms with Gasteiger partial charge in [-0.3, -0.25) is 4.79 Å². The van der Waals surface area contributed by atoms with Crippen LogP contribution >= 0.6 is 0 Å². The fourth-order valence-electron chi connectivity index (χ4n) is 8.32. The molecular formula is C33H43FN2O2. The van der Waals surface area contributed by atoms with Crippen LogP contribution in [0.15, 0.2) is 54.6 Å². The van der Waals surface area contributed by atoms with E-state index in [1.807, 2.05) is 6.07 Å². The van der Waals surface area contributed by atoms with Gasteiger partial charge in [0.2, 0.25) is 0 Å². The molecule has 2 aromatic rings. The van der Waals surface area contributed by atoms with Crippen molar-refractivity contribution in [2.45, 2.75) is 57.3 Å². The number of hydrogen-bond acceptors (Lipinski definition) is 3. The van der Waals surface area contributed by atoms with Gasteiger partial charge in [0, 0.05) is 45.2 Å². The third kappa shape index (κ3) is 5.56. The minimum atomic E-state index is -0.624. The molecule has 0 amide bonds. The first kappa shape index (κ1) is 26.0. The van der Waals surface area contributed by atoms with Gasteiger partial charge in [-0.15, -0.1) is 0 Å². The van der Waals surface area contributed by atoms with E-state index >= 15 is 0 Å². The molecule has 2 aromatic carbocycles. The number of aryl methyl sites for hydroxylation is 1. The Morgan fingerprint density at radius 2 is 1.68 bits per heavy atom. The van der Waals surface area contributed by atoms with E-state index in [1.165, 1.54) is 44.0 Å². The number of carbonyl (C=O) groups is 1. The second-order valence-corrected chi connectivity index (χ2v) is 12.8. The lowest BCUT2D eigenvalue weighted by Gasteiger charge is -2.36. The molecule has 4 nitrogen and oxygen atoms in total. The van der Waals surface area contributed by atoms with Crippen molar-refractivity contribution < 1.29 is 14.3 Å². The Morgan fingerprint density at radius 3 is 2.39 bits per heavy atom. The molecule has 1 unspecified atom stereocenters. The SMILES string of the molecule is O=C(O)C1(CN2C[C@H](CN3C[C@@H]4C(CCCc5ccccc5)[C@@H]4C3)[C@@H](c3cccc(F)c3)C2)CCCCC1. The average Bonchev–Trinajstić information content (AvgIpc) is 3.22. The second kappa shape index (κ2) is 11.1. The number of hydrogen-bond donors (Lipinski definition) is 1. The minimum Gasteiger partial charge on any atom is -0.481 e. The van der Waals surface area contributed by atoms with Crippen molar-refractivity contribution in [2.75, 3.05) is 39.3 Å². The van der Waals surface area contributed by atoms with Crippen molar-refractivity contribution in [3.63, 3.8) is 0 Å². The van der Waals surface area contributed by atoms with Gasteiger partial charge in [-0.1, -0.05) is 61.7 Å². The number of fused-ring (bicyclic) bond motifs is 1. The molecule has 2 heterocycles. The maximum Gasteiger partial charge on any atom is 0.310 e. The van der Waals surface area contributed by atoms with Crippen LogP contribution in [0.25, 0.3) is 0 Å². The highest BCUT2D eigenvalue weighted by Crippen LogP contribution is 2.54. The molecule has 0 spiro atoms. The molecule has 1 N–H and O–H groups in total. The van der Waals surface area contributed by atoms with Crippen molar-refractivity contribution in [2.24, 2.45) is 29.1 Å². The van der Waals surface area contributed by atoms with Crippen molar-refractivity contribution >= 4 is 5.97 Å². The number of carboxylic acids is 1. The number of piperidine rings is 1. The predicted octanol–water partition coefficient (Wildman–Crippen LogP) is 6.08. The lowest BCUT2D eigenvalue weighted by atomic mass is 9.73. The number of nitrogens with zero attached hydrogens (tertiary/aromatic N) is 2. The lowest BCUT2D eigenvalue weighted by Crippen LogP contribution is -2.44. The summed E-state index contributed by atoms with van der Waals surface area (Å²) in [6.07, 6.45) is 8.56. The van der Waals surface area contributed by atoms with Crippen LogP contribution in [-0.4, -0.2) is 60.1 Å². The van der Waals surface area contributed by atoms with Gasteiger partial charge in [0.1, 0.15) is 5.82 Å². The van der Waals surface area contributed by atoms with E-state index in [2.05, 4.69) is 46.2 Å². The number of rotatable bonds is 10. The molecule has 38 heavy (non-hydrogen) atoms. The van der Waals surface area contributed by atoms with E-state index < -0.39 is 11.4 Å². The molecule has 5 atom stereocenters. The Balaban J connectivity index is 1.06. The summed E-state index contributed by atoms with van der Waals surface area (Å²) in [5, 5.41) is 10.2. The largest absolute Gasteiger partial charge is 0.481 e. The summed E-state index contributed by atoms with van der Waals surface area (Å²) < 4.78 is 14.2. The lowest BCUT2D eigenvalue weighted by molar-refractivity contribution is -0.152. The summed E-state index contributed by atoms with van der Waals surface area (Å²) in [6, 6.07) is 18.0. The molecule has 204 valence electrons. The number of benzene rings is 2. The van der Waals surface area contributed by atoms with Crippen molar-refractivity contribution in [3.8, 4) is 0 Å². The van der Waals surface area contributed by atoms with Gasteiger partial charge >= 0.3 is 5.97 Å². The maximum atomic E-state index is 14.2. The fraction of sp³-hybridized carbons (Fsp3) is 0.606. The number of likely N-dealkylation sites (tertiary alicyclic amines) is 2. The molecule has 2 saturated carbocycles. The van der Waals surface area contributed by atoms with E-state index in [1.54, 1.807) is 6.07 Å². The normalized spacial score (nSPS) is 30.8. The van der Waals surface area contributed by atoms with E-state index in [-0.39, 0.29) is 11.7 Å². The smallest absolute Gasteiger partial charge is 0.310 e. The highest BCUT2D eigenvalue weighted by molar-refractivity contribution is 5.75. The third-order valence-electron chi connectivity index (χ3n) is 10.4. The summed E-state index contributed by atoms with van der Waals surface area (Å²) >= 11 is 0. The number of aliphatic carboxylic acids is 1. The molecule has 0 aromatic heterocycles. The highest BCUT2D eigenvalue weighted by Gasteiger charge is 2.55. The highest BCUT2D eigenvalue weighted by atomic mass is 19.1. The van der Waals surface area contributed by atoms with Crippen LogP contribution in [0.2, 0.25) is 0 Å². The fourth-order valence-corrected chi connectivity index (χ4v) is 8.32. The quantitative estimate of drug-likeness (QED) is 0.414. The molecular weight excluding hydrogens is 475 g/mol. The van der Waals surface area contributed by atoms with Crippen molar-refractivity contribution in [3.05, 3.63) is 71.5 Å². The topological polar surface area (TPSA) is 43.8 Å². The van der Waals surface area contributed by atoms with Gasteiger partial charge in [0.05, 0.1) is 5.41 Å². The Bertz CT molecular complexity index is 1090.